The average molecular weight is 930 g/mol. The summed E-state index contributed by atoms with van der Waals surface area (Å²) in [6.45, 7) is 21.5. The monoisotopic (exact) mass is 930 g/mol. The van der Waals surface area contributed by atoms with Gasteiger partial charge in [-0.25, -0.2) is 0 Å². The summed E-state index contributed by atoms with van der Waals surface area (Å²) in [6.07, 6.45) is 25.6. The Kier molecular flexibility index (Phi) is 25.1. The van der Waals surface area contributed by atoms with Crippen LogP contribution in [0.4, 0.5) is 0 Å². The lowest BCUT2D eigenvalue weighted by atomic mass is 9.71. The molecule has 1 amide bonds. The fraction of sp³-hybridized carbons (Fsp3) is 0.481. The lowest BCUT2D eigenvalue weighted by Crippen LogP contribution is -2.57. The number of aliphatic hydroxyl groups is 3. The molecule has 0 heterocycles. The SMILES string of the molecule is C/C=C(C)/C=C/C=C(C)/C=C/C1=C(C)C(=O)C(OC(=O)CCC(=O)O)CC1(C)C.C/C=C/C=C(C)/C=C/C=C(C)/C=C/C1=C(C)C(=O)C(OC(=O)CCC(=O)NC(CO)(CO)CO)CC1(C)C. The Balaban J connectivity index is 0.000000695. The van der Waals surface area contributed by atoms with E-state index >= 15 is 0 Å². The third kappa shape index (κ3) is 20.3. The Morgan fingerprint density at radius 2 is 1.01 bits per heavy atom. The van der Waals surface area contributed by atoms with Crippen LogP contribution in [0.2, 0.25) is 0 Å². The molecule has 2 unspecified atom stereocenters. The molecule has 0 spiro atoms. The van der Waals surface area contributed by atoms with Crippen molar-refractivity contribution in [3.63, 3.8) is 0 Å². The smallest absolute Gasteiger partial charge is 0.307 e. The van der Waals surface area contributed by atoms with Crippen LogP contribution in [0.5, 0.6) is 0 Å². The quantitative estimate of drug-likeness (QED) is 0.0541. The van der Waals surface area contributed by atoms with E-state index in [1.54, 1.807) is 13.8 Å². The summed E-state index contributed by atoms with van der Waals surface area (Å²) in [7, 11) is 0. The van der Waals surface area contributed by atoms with E-state index in [-0.39, 0.29) is 42.7 Å². The summed E-state index contributed by atoms with van der Waals surface area (Å²) < 4.78 is 10.7. The predicted octanol–water partition coefficient (Wildman–Crippen LogP) is 8.51. The third-order valence-corrected chi connectivity index (χ3v) is 11.4. The molecule has 0 saturated carbocycles. The van der Waals surface area contributed by atoms with Crippen LogP contribution in [0.1, 0.15) is 122 Å². The molecule has 2 aliphatic rings. The fourth-order valence-electron chi connectivity index (χ4n) is 7.12. The van der Waals surface area contributed by atoms with Crippen LogP contribution >= 0.6 is 0 Å². The largest absolute Gasteiger partial charge is 0.481 e. The normalized spacial score (nSPS) is 19.8. The summed E-state index contributed by atoms with van der Waals surface area (Å²) in [4.78, 5) is 72.7. The molecule has 0 radical (unpaired) electrons. The van der Waals surface area contributed by atoms with Crippen molar-refractivity contribution in [2.45, 2.75) is 139 Å². The highest BCUT2D eigenvalue weighted by Crippen LogP contribution is 2.42. The Bertz CT molecular complexity index is 2130. The molecule has 368 valence electrons. The van der Waals surface area contributed by atoms with E-state index in [4.69, 9.17) is 14.6 Å². The van der Waals surface area contributed by atoms with Crippen LogP contribution in [0, 0.1) is 10.8 Å². The molecule has 0 aromatic rings. The Hall–Kier alpha value is -5.76. The Morgan fingerprint density at radius 3 is 1.40 bits per heavy atom. The number of carboxylic acids is 1. The lowest BCUT2D eigenvalue weighted by molar-refractivity contribution is -0.157. The Labute approximate surface area is 397 Å². The topological polar surface area (TPSA) is 214 Å². The first-order chi connectivity index (χ1) is 31.3. The highest BCUT2D eigenvalue weighted by molar-refractivity contribution is 6.02. The van der Waals surface area contributed by atoms with Gasteiger partial charge in [0.1, 0.15) is 5.54 Å². The number of aliphatic carboxylic acids is 1. The second-order valence-electron chi connectivity index (χ2n) is 18.3. The number of allylic oxidation sites excluding steroid dienone is 20. The van der Waals surface area contributed by atoms with Gasteiger partial charge in [-0.3, -0.25) is 28.8 Å². The summed E-state index contributed by atoms with van der Waals surface area (Å²) >= 11 is 0. The van der Waals surface area contributed by atoms with E-state index in [9.17, 15) is 44.1 Å². The number of carboxylic acid groups (broad SMARTS) is 1. The van der Waals surface area contributed by atoms with Gasteiger partial charge in [-0.15, -0.1) is 0 Å². The van der Waals surface area contributed by atoms with Gasteiger partial charge in [0, 0.05) is 19.3 Å². The van der Waals surface area contributed by atoms with E-state index in [2.05, 4.69) is 5.32 Å². The van der Waals surface area contributed by atoms with Gasteiger partial charge in [-0.2, -0.15) is 0 Å². The molecule has 0 bridgehead atoms. The highest BCUT2D eigenvalue weighted by atomic mass is 16.6. The number of carbonyl (C=O) groups is 6. The van der Waals surface area contributed by atoms with Crippen LogP contribution < -0.4 is 5.32 Å². The molecular formula is C54H75NO12. The first kappa shape index (κ1) is 59.3. The minimum Gasteiger partial charge on any atom is -0.481 e. The molecule has 2 rings (SSSR count). The zero-order chi connectivity index (χ0) is 51.1. The number of ketones is 2. The van der Waals surface area contributed by atoms with E-state index in [1.807, 2.05) is 154 Å². The van der Waals surface area contributed by atoms with Gasteiger partial charge in [0.05, 0.1) is 39.1 Å². The minimum absolute atomic E-state index is 0.224. The van der Waals surface area contributed by atoms with Crippen LogP contribution in [-0.2, 0) is 38.2 Å². The standard InChI is InChI=1S/C30H43NO7.C24H32O5/c1-7-8-10-21(2)11-9-12-22(3)13-14-24-23(4)28(37)25(17-29(24,5)6)38-27(36)16-15-26(35)31-30(18-32,19-33)20-34;1-7-16(2)9-8-10-17(3)11-12-19-18(4)23(28)20(15-24(19,5)6)29-22(27)14-13-21(25)26/h7-14,25,32-34H,15-20H2,1-6H3,(H,31,35);7-12,20H,13-15H2,1-6H3,(H,25,26)/b8-7+,11-9+,14-13+,21-10+,22-12+;9-8+,12-11+,16-7+,17-10+. The molecule has 2 aliphatic carbocycles. The van der Waals surface area contributed by atoms with E-state index in [0.29, 0.717) is 24.0 Å². The lowest BCUT2D eigenvalue weighted by Gasteiger charge is -2.36. The van der Waals surface area contributed by atoms with Crippen molar-refractivity contribution < 1.29 is 58.7 Å². The number of carbonyl (C=O) groups excluding carboxylic acids is 5. The summed E-state index contributed by atoms with van der Waals surface area (Å²) in [5.74, 6) is -3.56. The summed E-state index contributed by atoms with van der Waals surface area (Å²) in [5.41, 5.74) is 4.92. The average Bonchev–Trinajstić information content (AvgIpc) is 3.26. The molecule has 13 nitrogen and oxygen atoms in total. The van der Waals surface area contributed by atoms with Crippen molar-refractivity contribution in [2.75, 3.05) is 19.8 Å². The van der Waals surface area contributed by atoms with E-state index in [1.165, 1.54) is 5.57 Å². The first-order valence-corrected chi connectivity index (χ1v) is 22.6. The van der Waals surface area contributed by atoms with Crippen molar-refractivity contribution in [1.29, 1.82) is 0 Å². The molecule has 0 saturated heterocycles. The molecule has 0 aliphatic heterocycles. The molecular weight excluding hydrogens is 855 g/mol. The maximum Gasteiger partial charge on any atom is 0.307 e. The number of nitrogens with one attached hydrogen (secondary N) is 1. The minimum atomic E-state index is -1.57. The van der Waals surface area contributed by atoms with Gasteiger partial charge in [-0.05, 0) is 88.5 Å². The first-order valence-electron chi connectivity index (χ1n) is 22.6. The number of hydrogen-bond acceptors (Lipinski definition) is 11. The maximum absolute atomic E-state index is 13.0. The number of esters is 2. The van der Waals surface area contributed by atoms with Gasteiger partial charge < -0.3 is 35.2 Å². The van der Waals surface area contributed by atoms with E-state index < -0.39 is 66.8 Å². The third-order valence-electron chi connectivity index (χ3n) is 11.4. The fourth-order valence-corrected chi connectivity index (χ4v) is 7.12. The molecule has 0 aromatic heterocycles. The zero-order valence-electron chi connectivity index (χ0n) is 41.7. The number of amides is 1. The second-order valence-corrected chi connectivity index (χ2v) is 18.3. The molecule has 0 aromatic carbocycles. The second kappa shape index (κ2) is 28.4. The summed E-state index contributed by atoms with van der Waals surface area (Å²) in [5, 5.41) is 38.9. The van der Waals surface area contributed by atoms with Gasteiger partial charge in [0.15, 0.2) is 23.8 Å². The van der Waals surface area contributed by atoms with Gasteiger partial charge >= 0.3 is 17.9 Å². The van der Waals surface area contributed by atoms with Crippen molar-refractivity contribution in [3.05, 3.63) is 130 Å². The van der Waals surface area contributed by atoms with E-state index in [0.717, 1.165) is 27.9 Å². The molecule has 5 N–H and O–H groups in total. The van der Waals surface area contributed by atoms with Crippen LogP contribution in [-0.4, -0.2) is 93.4 Å². The summed E-state index contributed by atoms with van der Waals surface area (Å²) in [6, 6.07) is 0. The molecule has 0 fully saturated rings. The maximum atomic E-state index is 13.0. The highest BCUT2D eigenvalue weighted by Gasteiger charge is 2.41. The van der Waals surface area contributed by atoms with Crippen molar-refractivity contribution in [2.24, 2.45) is 10.8 Å². The molecule has 67 heavy (non-hydrogen) atoms. The zero-order valence-corrected chi connectivity index (χ0v) is 41.7. The predicted molar refractivity (Wildman–Crippen MR) is 262 cm³/mol. The van der Waals surface area contributed by atoms with Crippen LogP contribution in [0.15, 0.2) is 130 Å². The van der Waals surface area contributed by atoms with Crippen LogP contribution in [0.3, 0.4) is 0 Å². The van der Waals surface area contributed by atoms with Gasteiger partial charge in [-0.1, -0.05) is 135 Å². The van der Waals surface area contributed by atoms with Gasteiger partial charge in [0.2, 0.25) is 5.91 Å². The number of hydrogen-bond donors (Lipinski definition) is 5. The van der Waals surface area contributed by atoms with Crippen molar-refractivity contribution in [1.82, 2.24) is 5.32 Å². The molecule has 13 heteroatoms. The number of ether oxygens (including phenoxy) is 2. The van der Waals surface area contributed by atoms with Crippen molar-refractivity contribution in [3.8, 4) is 0 Å². The number of rotatable bonds is 21. The Morgan fingerprint density at radius 1 is 0.627 bits per heavy atom. The number of Topliss-reactive ketones (excluding diaryl/α,β-unsaturated/α-hetero) is 2. The van der Waals surface area contributed by atoms with Gasteiger partial charge in [0.25, 0.3) is 0 Å². The molecule has 2 atom stereocenters. The van der Waals surface area contributed by atoms with Crippen LogP contribution in [0.25, 0.3) is 0 Å². The number of aliphatic hydroxyl groups excluding tert-OH is 3. The van der Waals surface area contributed by atoms with Crippen molar-refractivity contribution >= 4 is 35.4 Å².